The number of hydrogen-bond donors (Lipinski definition) is 1. The van der Waals surface area contributed by atoms with Gasteiger partial charge < -0.3 is 9.84 Å². The number of hydrogen-bond acceptors (Lipinski definition) is 4. The molecule has 0 radical (unpaired) electrons. The van der Waals surface area contributed by atoms with Gasteiger partial charge in [0.2, 0.25) is 0 Å². The minimum Gasteiger partial charge on any atom is -0.491 e. The van der Waals surface area contributed by atoms with Crippen molar-refractivity contribution in [1.29, 1.82) is 0 Å². The largest absolute Gasteiger partial charge is 0.491 e. The molecule has 2 aromatic heterocycles. The quantitative estimate of drug-likeness (QED) is 0.883. The molecule has 2 aromatic rings. The van der Waals surface area contributed by atoms with Crippen molar-refractivity contribution >= 4 is 17.3 Å². The molecule has 0 bridgehead atoms. The number of aromatic nitrogens is 1. The predicted octanol–water partition coefficient (Wildman–Crippen LogP) is 3.59. The number of pyridine rings is 1. The molecule has 0 aliphatic heterocycles. The van der Waals surface area contributed by atoms with Crippen LogP contribution in [-0.4, -0.2) is 22.7 Å². The number of ether oxygens (including phenoxy) is 1. The van der Waals surface area contributed by atoms with E-state index in [-0.39, 0.29) is 4.88 Å². The van der Waals surface area contributed by atoms with Crippen LogP contribution < -0.4 is 4.74 Å². The molecule has 0 fully saturated rings. The van der Waals surface area contributed by atoms with Crippen LogP contribution in [0.5, 0.6) is 5.75 Å². The van der Waals surface area contributed by atoms with Crippen LogP contribution in [0, 0.1) is 0 Å². The number of carboxylic acid groups (broad SMARTS) is 1. The molecule has 0 spiro atoms. The van der Waals surface area contributed by atoms with E-state index in [0.717, 1.165) is 10.4 Å². The van der Waals surface area contributed by atoms with Gasteiger partial charge in [-0.3, -0.25) is 4.98 Å². The molecule has 4 nitrogen and oxygen atoms in total. The second-order valence-electron chi connectivity index (χ2n) is 4.76. The third-order valence-corrected chi connectivity index (χ3v) is 4.26. The number of aromatic carboxylic acids is 1. The molecule has 5 heteroatoms. The van der Waals surface area contributed by atoms with E-state index in [2.05, 4.69) is 4.98 Å². The molecule has 0 saturated carbocycles. The molecule has 0 aliphatic rings. The van der Waals surface area contributed by atoms with E-state index in [9.17, 15) is 9.90 Å². The van der Waals surface area contributed by atoms with Crippen molar-refractivity contribution in [2.24, 2.45) is 0 Å². The summed E-state index contributed by atoms with van der Waals surface area (Å²) >= 11 is 1.29. The summed E-state index contributed by atoms with van der Waals surface area (Å²) in [6, 6.07) is 5.68. The molecule has 106 valence electrons. The molecule has 2 rings (SSSR count). The van der Waals surface area contributed by atoms with E-state index in [4.69, 9.17) is 4.74 Å². The second kappa shape index (κ2) is 6.52. The predicted molar refractivity (Wildman–Crippen MR) is 78.8 cm³/mol. The highest BCUT2D eigenvalue weighted by atomic mass is 32.1. The van der Waals surface area contributed by atoms with Crippen molar-refractivity contribution in [3.8, 4) is 5.75 Å². The molecule has 0 saturated heterocycles. The van der Waals surface area contributed by atoms with Crippen molar-refractivity contribution < 1.29 is 14.6 Å². The summed E-state index contributed by atoms with van der Waals surface area (Å²) < 4.78 is 5.64. The first-order chi connectivity index (χ1) is 9.58. The van der Waals surface area contributed by atoms with E-state index in [1.165, 1.54) is 11.3 Å². The van der Waals surface area contributed by atoms with Crippen molar-refractivity contribution in [2.45, 2.75) is 26.2 Å². The van der Waals surface area contributed by atoms with Crippen LogP contribution in [0.3, 0.4) is 0 Å². The van der Waals surface area contributed by atoms with Gasteiger partial charge in [-0.25, -0.2) is 4.79 Å². The van der Waals surface area contributed by atoms with Crippen LogP contribution in [0.1, 0.15) is 39.9 Å². The van der Waals surface area contributed by atoms with E-state index in [0.29, 0.717) is 24.7 Å². The van der Waals surface area contributed by atoms with Crippen LogP contribution >= 0.6 is 11.3 Å². The van der Waals surface area contributed by atoms with Crippen molar-refractivity contribution in [1.82, 2.24) is 4.98 Å². The number of carboxylic acids is 1. The molecular weight excluding hydrogens is 274 g/mol. The molecule has 0 aromatic carbocycles. The standard InChI is InChI=1S/C15H17NO3S/c1-10(2)13-8-12(14(20-13)15(17)18)19-7-5-11-4-3-6-16-9-11/h3-4,6,8-10H,5,7H2,1-2H3,(H,17,18). The van der Waals surface area contributed by atoms with E-state index < -0.39 is 5.97 Å². The number of rotatable bonds is 6. The molecule has 0 atom stereocenters. The van der Waals surface area contributed by atoms with E-state index in [1.807, 2.05) is 32.0 Å². The normalized spacial score (nSPS) is 10.8. The zero-order valence-corrected chi connectivity index (χ0v) is 12.3. The van der Waals surface area contributed by atoms with Gasteiger partial charge in [-0.05, 0) is 23.6 Å². The summed E-state index contributed by atoms with van der Waals surface area (Å²) in [7, 11) is 0. The van der Waals surface area contributed by atoms with Crippen LogP contribution in [0.25, 0.3) is 0 Å². The Kier molecular flexibility index (Phi) is 4.74. The second-order valence-corrected chi connectivity index (χ2v) is 5.85. The first-order valence-electron chi connectivity index (χ1n) is 6.46. The summed E-state index contributed by atoms with van der Waals surface area (Å²) in [5.74, 6) is -0.165. The van der Waals surface area contributed by atoms with Gasteiger partial charge in [0.25, 0.3) is 0 Å². The van der Waals surface area contributed by atoms with E-state index >= 15 is 0 Å². The average molecular weight is 291 g/mol. The van der Waals surface area contributed by atoms with Gasteiger partial charge in [0.15, 0.2) is 4.88 Å². The van der Waals surface area contributed by atoms with Gasteiger partial charge in [-0.1, -0.05) is 19.9 Å². The summed E-state index contributed by atoms with van der Waals surface area (Å²) in [5, 5.41) is 9.20. The molecule has 2 heterocycles. The molecule has 0 amide bonds. The smallest absolute Gasteiger partial charge is 0.349 e. The average Bonchev–Trinajstić information content (AvgIpc) is 2.84. The Morgan fingerprint density at radius 3 is 2.90 bits per heavy atom. The minimum atomic E-state index is -0.932. The van der Waals surface area contributed by atoms with Gasteiger partial charge >= 0.3 is 5.97 Å². The van der Waals surface area contributed by atoms with Gasteiger partial charge in [0.1, 0.15) is 5.75 Å². The zero-order chi connectivity index (χ0) is 14.5. The fourth-order valence-corrected chi connectivity index (χ4v) is 2.70. The van der Waals surface area contributed by atoms with Crippen LogP contribution in [-0.2, 0) is 6.42 Å². The third-order valence-electron chi connectivity index (χ3n) is 2.85. The molecular formula is C15H17NO3S. The SMILES string of the molecule is CC(C)c1cc(OCCc2cccnc2)c(C(=O)O)s1. The summed E-state index contributed by atoms with van der Waals surface area (Å²) in [4.78, 5) is 16.6. The first kappa shape index (κ1) is 14.5. The maximum atomic E-state index is 11.2. The van der Waals surface area contributed by atoms with E-state index in [1.54, 1.807) is 12.4 Å². The number of carbonyl (C=O) groups is 1. The lowest BCUT2D eigenvalue weighted by atomic mass is 10.2. The Labute approximate surface area is 122 Å². The first-order valence-corrected chi connectivity index (χ1v) is 7.28. The Balaban J connectivity index is 2.03. The maximum absolute atomic E-state index is 11.2. The van der Waals surface area contributed by atoms with Crippen molar-refractivity contribution in [3.05, 3.63) is 45.9 Å². The van der Waals surface area contributed by atoms with Gasteiger partial charge in [-0.15, -0.1) is 11.3 Å². The Hall–Kier alpha value is -1.88. The fraction of sp³-hybridized carbons (Fsp3) is 0.333. The lowest BCUT2D eigenvalue weighted by molar-refractivity contribution is 0.0698. The number of nitrogens with zero attached hydrogens (tertiary/aromatic N) is 1. The fourth-order valence-electron chi connectivity index (χ4n) is 1.76. The Bertz CT molecular complexity index is 578. The van der Waals surface area contributed by atoms with Crippen LogP contribution in [0.4, 0.5) is 0 Å². The minimum absolute atomic E-state index is 0.278. The van der Waals surface area contributed by atoms with Gasteiger partial charge in [-0.2, -0.15) is 0 Å². The molecule has 0 aliphatic carbocycles. The van der Waals surface area contributed by atoms with Crippen LogP contribution in [0.15, 0.2) is 30.6 Å². The van der Waals surface area contributed by atoms with Crippen LogP contribution in [0.2, 0.25) is 0 Å². The van der Waals surface area contributed by atoms with Crippen molar-refractivity contribution in [3.63, 3.8) is 0 Å². The molecule has 20 heavy (non-hydrogen) atoms. The summed E-state index contributed by atoms with van der Waals surface area (Å²) in [5.41, 5.74) is 1.07. The third kappa shape index (κ3) is 3.57. The molecule has 0 unspecified atom stereocenters. The Morgan fingerprint density at radius 2 is 2.30 bits per heavy atom. The van der Waals surface area contributed by atoms with Gasteiger partial charge in [0.05, 0.1) is 6.61 Å². The molecule has 1 N–H and O–H groups in total. The highest BCUT2D eigenvalue weighted by Crippen LogP contribution is 2.33. The zero-order valence-electron chi connectivity index (χ0n) is 11.5. The lowest BCUT2D eigenvalue weighted by Crippen LogP contribution is -2.04. The highest BCUT2D eigenvalue weighted by Gasteiger charge is 2.18. The van der Waals surface area contributed by atoms with Gasteiger partial charge in [0, 0.05) is 23.7 Å². The topological polar surface area (TPSA) is 59.4 Å². The maximum Gasteiger partial charge on any atom is 0.349 e. The number of thiophene rings is 1. The highest BCUT2D eigenvalue weighted by molar-refractivity contribution is 7.14. The lowest BCUT2D eigenvalue weighted by Gasteiger charge is -2.05. The summed E-state index contributed by atoms with van der Waals surface area (Å²) in [6.07, 6.45) is 4.22. The monoisotopic (exact) mass is 291 g/mol. The van der Waals surface area contributed by atoms with Crippen molar-refractivity contribution in [2.75, 3.05) is 6.61 Å². The Morgan fingerprint density at radius 1 is 1.50 bits per heavy atom. The summed E-state index contributed by atoms with van der Waals surface area (Å²) in [6.45, 7) is 4.52.